The molecular weight excluding hydrogens is 214 g/mol. The molecule has 0 atom stereocenters. The van der Waals surface area contributed by atoms with E-state index in [-0.39, 0.29) is 6.61 Å². The maximum atomic E-state index is 8.79. The molecule has 0 aliphatic rings. The molecular formula is C14H23NO2. The van der Waals surface area contributed by atoms with Gasteiger partial charge in [0.1, 0.15) is 5.75 Å². The number of rotatable bonds is 6. The van der Waals surface area contributed by atoms with Crippen LogP contribution in [0.5, 0.6) is 5.75 Å². The van der Waals surface area contributed by atoms with Crippen LogP contribution in [0.2, 0.25) is 0 Å². The fourth-order valence-corrected chi connectivity index (χ4v) is 2.18. The van der Waals surface area contributed by atoms with Crippen molar-refractivity contribution in [2.24, 2.45) is 0 Å². The molecule has 0 aliphatic carbocycles. The van der Waals surface area contributed by atoms with Gasteiger partial charge in [-0.15, -0.1) is 0 Å². The highest BCUT2D eigenvalue weighted by Gasteiger charge is 2.06. The number of aliphatic hydroxyl groups is 1. The Morgan fingerprint density at radius 2 is 1.82 bits per heavy atom. The van der Waals surface area contributed by atoms with Crippen LogP contribution >= 0.6 is 0 Å². The van der Waals surface area contributed by atoms with Gasteiger partial charge in [-0.05, 0) is 44.0 Å². The Bertz CT molecular complexity index is 340. The maximum absolute atomic E-state index is 8.79. The molecule has 0 radical (unpaired) electrons. The zero-order chi connectivity index (χ0) is 12.8. The van der Waals surface area contributed by atoms with Crippen LogP contribution in [0.15, 0.2) is 12.1 Å². The van der Waals surface area contributed by atoms with Crippen molar-refractivity contribution in [2.45, 2.75) is 26.8 Å². The van der Waals surface area contributed by atoms with Crippen molar-refractivity contribution >= 4 is 0 Å². The number of ether oxygens (including phenoxy) is 1. The Balaban J connectivity index is 2.72. The number of aliphatic hydroxyl groups excluding tert-OH is 1. The molecule has 3 heteroatoms. The van der Waals surface area contributed by atoms with E-state index < -0.39 is 0 Å². The fourth-order valence-electron chi connectivity index (χ4n) is 2.18. The minimum Gasteiger partial charge on any atom is -0.496 e. The van der Waals surface area contributed by atoms with E-state index in [0.29, 0.717) is 0 Å². The number of methoxy groups -OCH3 is 1. The molecule has 0 spiro atoms. The van der Waals surface area contributed by atoms with Gasteiger partial charge in [0.2, 0.25) is 0 Å². The third kappa shape index (κ3) is 4.02. The van der Waals surface area contributed by atoms with Crippen LogP contribution in [0.1, 0.15) is 23.1 Å². The van der Waals surface area contributed by atoms with Crippen LogP contribution in [0, 0.1) is 13.8 Å². The first-order valence-corrected chi connectivity index (χ1v) is 6.02. The molecule has 0 saturated heterocycles. The van der Waals surface area contributed by atoms with Crippen LogP contribution in [0.4, 0.5) is 0 Å². The molecule has 0 bridgehead atoms. The van der Waals surface area contributed by atoms with Crippen LogP contribution < -0.4 is 4.74 Å². The quantitative estimate of drug-likeness (QED) is 0.822. The highest BCUT2D eigenvalue weighted by molar-refractivity contribution is 5.43. The summed E-state index contributed by atoms with van der Waals surface area (Å²) in [5.41, 5.74) is 3.65. The Morgan fingerprint density at radius 1 is 1.24 bits per heavy atom. The van der Waals surface area contributed by atoms with Gasteiger partial charge in [-0.25, -0.2) is 0 Å². The number of hydrogen-bond acceptors (Lipinski definition) is 3. The molecule has 0 saturated carbocycles. The van der Waals surface area contributed by atoms with E-state index in [9.17, 15) is 0 Å². The Morgan fingerprint density at radius 3 is 2.29 bits per heavy atom. The van der Waals surface area contributed by atoms with E-state index in [1.54, 1.807) is 7.11 Å². The van der Waals surface area contributed by atoms with Gasteiger partial charge in [0, 0.05) is 19.7 Å². The molecule has 0 amide bonds. The number of benzene rings is 1. The normalized spacial score (nSPS) is 10.9. The van der Waals surface area contributed by atoms with Crippen LogP contribution in [0.3, 0.4) is 0 Å². The van der Waals surface area contributed by atoms with Gasteiger partial charge < -0.3 is 14.7 Å². The van der Waals surface area contributed by atoms with E-state index in [2.05, 4.69) is 37.9 Å². The highest BCUT2D eigenvalue weighted by Crippen LogP contribution is 2.24. The molecule has 1 rings (SSSR count). The third-order valence-electron chi connectivity index (χ3n) is 2.87. The maximum Gasteiger partial charge on any atom is 0.124 e. The van der Waals surface area contributed by atoms with Gasteiger partial charge in [-0.2, -0.15) is 0 Å². The Hall–Kier alpha value is -1.06. The van der Waals surface area contributed by atoms with E-state index in [1.165, 1.54) is 16.7 Å². The van der Waals surface area contributed by atoms with Gasteiger partial charge in [-0.1, -0.05) is 12.1 Å². The summed E-state index contributed by atoms with van der Waals surface area (Å²) in [6.45, 7) is 6.23. The van der Waals surface area contributed by atoms with E-state index >= 15 is 0 Å². The molecule has 1 aromatic rings. The molecule has 0 unspecified atom stereocenters. The van der Waals surface area contributed by atoms with E-state index in [0.717, 1.165) is 25.3 Å². The lowest BCUT2D eigenvalue weighted by Gasteiger charge is -2.18. The first-order chi connectivity index (χ1) is 8.08. The second-order valence-electron chi connectivity index (χ2n) is 4.58. The minimum absolute atomic E-state index is 0.255. The number of nitrogens with zero attached hydrogens (tertiary/aromatic N) is 1. The summed E-state index contributed by atoms with van der Waals surface area (Å²) < 4.78 is 5.35. The highest BCUT2D eigenvalue weighted by atomic mass is 16.5. The molecule has 0 fully saturated rings. The SMILES string of the molecule is COc1c(C)cc(CN(C)CCCO)cc1C. The summed E-state index contributed by atoms with van der Waals surface area (Å²) in [6.07, 6.45) is 0.824. The largest absolute Gasteiger partial charge is 0.496 e. The molecule has 1 aromatic carbocycles. The first kappa shape index (κ1) is 14.0. The number of aryl methyl sites for hydroxylation is 2. The summed E-state index contributed by atoms with van der Waals surface area (Å²) in [5, 5.41) is 8.79. The predicted molar refractivity (Wildman–Crippen MR) is 70.5 cm³/mol. The average molecular weight is 237 g/mol. The number of hydrogen-bond donors (Lipinski definition) is 1. The van der Waals surface area contributed by atoms with Crippen molar-refractivity contribution in [3.8, 4) is 5.75 Å². The van der Waals surface area contributed by atoms with Crippen molar-refractivity contribution in [2.75, 3.05) is 27.3 Å². The molecule has 17 heavy (non-hydrogen) atoms. The van der Waals surface area contributed by atoms with Crippen LogP contribution in [-0.2, 0) is 6.54 Å². The summed E-state index contributed by atoms with van der Waals surface area (Å²) in [7, 11) is 3.78. The summed E-state index contributed by atoms with van der Waals surface area (Å²) in [4.78, 5) is 2.22. The van der Waals surface area contributed by atoms with E-state index in [1.807, 2.05) is 0 Å². The third-order valence-corrected chi connectivity index (χ3v) is 2.87. The van der Waals surface area contributed by atoms with Gasteiger partial charge in [0.25, 0.3) is 0 Å². The summed E-state index contributed by atoms with van der Waals surface area (Å²) >= 11 is 0. The van der Waals surface area contributed by atoms with Crippen molar-refractivity contribution in [3.05, 3.63) is 28.8 Å². The van der Waals surface area contributed by atoms with E-state index in [4.69, 9.17) is 9.84 Å². The smallest absolute Gasteiger partial charge is 0.124 e. The van der Waals surface area contributed by atoms with Gasteiger partial charge in [-0.3, -0.25) is 0 Å². The second kappa shape index (κ2) is 6.62. The van der Waals surface area contributed by atoms with Crippen molar-refractivity contribution < 1.29 is 9.84 Å². The Kier molecular flexibility index (Phi) is 5.45. The van der Waals surface area contributed by atoms with Crippen LogP contribution in [-0.4, -0.2) is 37.3 Å². The molecule has 3 nitrogen and oxygen atoms in total. The van der Waals surface area contributed by atoms with Crippen molar-refractivity contribution in [1.82, 2.24) is 4.90 Å². The molecule has 0 aromatic heterocycles. The van der Waals surface area contributed by atoms with Gasteiger partial charge in [0.15, 0.2) is 0 Å². The first-order valence-electron chi connectivity index (χ1n) is 6.02. The lowest BCUT2D eigenvalue weighted by molar-refractivity contribution is 0.244. The minimum atomic E-state index is 0.255. The van der Waals surface area contributed by atoms with Crippen LogP contribution in [0.25, 0.3) is 0 Å². The topological polar surface area (TPSA) is 32.7 Å². The molecule has 0 aliphatic heterocycles. The predicted octanol–water partition coefficient (Wildman–Crippen LogP) is 2.13. The van der Waals surface area contributed by atoms with Gasteiger partial charge >= 0.3 is 0 Å². The zero-order valence-corrected chi connectivity index (χ0v) is 11.3. The monoisotopic (exact) mass is 237 g/mol. The standard InChI is InChI=1S/C14H23NO2/c1-11-8-13(9-12(2)14(11)17-4)10-15(3)6-5-7-16/h8-9,16H,5-7,10H2,1-4H3. The Labute approximate surface area is 104 Å². The molecule has 1 N–H and O–H groups in total. The van der Waals surface area contributed by atoms with Crippen molar-refractivity contribution in [1.29, 1.82) is 0 Å². The zero-order valence-electron chi connectivity index (χ0n) is 11.3. The second-order valence-corrected chi connectivity index (χ2v) is 4.58. The average Bonchev–Trinajstić information content (AvgIpc) is 2.26. The summed E-state index contributed by atoms with van der Waals surface area (Å²) in [6, 6.07) is 4.34. The summed E-state index contributed by atoms with van der Waals surface area (Å²) in [5.74, 6) is 0.978. The lowest BCUT2D eigenvalue weighted by atomic mass is 10.1. The fraction of sp³-hybridized carbons (Fsp3) is 0.571. The lowest BCUT2D eigenvalue weighted by Crippen LogP contribution is -2.20. The van der Waals surface area contributed by atoms with Gasteiger partial charge in [0.05, 0.1) is 7.11 Å². The molecule has 0 heterocycles. The molecule has 96 valence electrons. The van der Waals surface area contributed by atoms with Crippen molar-refractivity contribution in [3.63, 3.8) is 0 Å².